The summed E-state index contributed by atoms with van der Waals surface area (Å²) in [7, 11) is 3.61. The van der Waals surface area contributed by atoms with Crippen LogP contribution in [0, 0.1) is 0 Å². The number of benzene rings is 1. The minimum Gasteiger partial charge on any atom is -0.496 e. The fraction of sp³-hybridized carbons (Fsp3) is 0.357. The Morgan fingerprint density at radius 3 is 2.84 bits per heavy atom. The normalized spacial score (nSPS) is 10.5. The quantitative estimate of drug-likeness (QED) is 0.917. The van der Waals surface area contributed by atoms with E-state index in [2.05, 4.69) is 39.5 Å². The van der Waals surface area contributed by atoms with Crippen LogP contribution in [-0.4, -0.2) is 16.9 Å². The van der Waals surface area contributed by atoms with Gasteiger partial charge in [0.1, 0.15) is 5.75 Å². The predicted octanol–water partition coefficient (Wildman–Crippen LogP) is 3.37. The third-order valence-electron chi connectivity index (χ3n) is 2.96. The largest absolute Gasteiger partial charge is 0.496 e. The number of nitrogens with one attached hydrogen (secondary N) is 1. The van der Waals surface area contributed by atoms with Crippen LogP contribution in [0.1, 0.15) is 18.2 Å². The number of halogens is 1. The lowest BCUT2D eigenvalue weighted by molar-refractivity contribution is 0.412. The van der Waals surface area contributed by atoms with E-state index in [-0.39, 0.29) is 0 Å². The Morgan fingerprint density at radius 2 is 2.21 bits per heavy atom. The number of anilines is 1. The fourth-order valence-electron chi connectivity index (χ4n) is 2.00. The van der Waals surface area contributed by atoms with E-state index < -0.39 is 0 Å². The Balaban J connectivity index is 2.07. The van der Waals surface area contributed by atoms with Gasteiger partial charge in [0.25, 0.3) is 0 Å². The average molecular weight is 324 g/mol. The van der Waals surface area contributed by atoms with E-state index in [0.29, 0.717) is 0 Å². The zero-order chi connectivity index (χ0) is 13.8. The summed E-state index contributed by atoms with van der Waals surface area (Å²) in [5, 5.41) is 7.84. The number of nitrogens with zero attached hydrogens (tertiary/aromatic N) is 2. The van der Waals surface area contributed by atoms with E-state index in [4.69, 9.17) is 4.74 Å². The third-order valence-corrected chi connectivity index (χ3v) is 3.58. The first kappa shape index (κ1) is 13.9. The number of hydrogen-bond donors (Lipinski definition) is 1. The molecule has 102 valence electrons. The number of ether oxygens (including phenoxy) is 1. The van der Waals surface area contributed by atoms with Crippen molar-refractivity contribution in [1.29, 1.82) is 0 Å². The van der Waals surface area contributed by atoms with Crippen LogP contribution in [0.2, 0.25) is 0 Å². The monoisotopic (exact) mass is 323 g/mol. The summed E-state index contributed by atoms with van der Waals surface area (Å²) in [5.41, 5.74) is 3.43. The van der Waals surface area contributed by atoms with Crippen LogP contribution in [-0.2, 0) is 20.0 Å². The van der Waals surface area contributed by atoms with Gasteiger partial charge in [0.2, 0.25) is 0 Å². The first-order valence-electron chi connectivity index (χ1n) is 6.22. The highest BCUT2D eigenvalue weighted by Crippen LogP contribution is 2.28. The summed E-state index contributed by atoms with van der Waals surface area (Å²) in [6.45, 7) is 2.89. The van der Waals surface area contributed by atoms with Crippen LogP contribution in [0.5, 0.6) is 5.75 Å². The molecule has 0 atom stereocenters. The number of rotatable bonds is 5. The summed E-state index contributed by atoms with van der Waals surface area (Å²) in [4.78, 5) is 0. The topological polar surface area (TPSA) is 39.1 Å². The Labute approximate surface area is 121 Å². The molecule has 0 bridgehead atoms. The third kappa shape index (κ3) is 3.29. The van der Waals surface area contributed by atoms with E-state index in [1.54, 1.807) is 7.11 Å². The zero-order valence-electron chi connectivity index (χ0n) is 11.4. The molecule has 2 aromatic rings. The van der Waals surface area contributed by atoms with Gasteiger partial charge in [-0.25, -0.2) is 0 Å². The standard InChI is InChI=1S/C14H18BrN3O/c1-4-13-10(9-18(2)17-13)8-16-11-5-6-14(19-3)12(15)7-11/h5-7,9,16H,4,8H2,1-3H3. The van der Waals surface area contributed by atoms with E-state index in [0.717, 1.165) is 34.6 Å². The lowest BCUT2D eigenvalue weighted by atomic mass is 10.2. The van der Waals surface area contributed by atoms with Crippen molar-refractivity contribution in [3.05, 3.63) is 40.1 Å². The summed E-state index contributed by atoms with van der Waals surface area (Å²) < 4.78 is 8.02. The van der Waals surface area contributed by atoms with Crippen molar-refractivity contribution in [2.24, 2.45) is 7.05 Å². The van der Waals surface area contributed by atoms with Gasteiger partial charge in [-0.2, -0.15) is 5.10 Å². The predicted molar refractivity (Wildman–Crippen MR) is 80.6 cm³/mol. The van der Waals surface area contributed by atoms with E-state index in [1.807, 2.05) is 29.9 Å². The molecule has 1 aromatic carbocycles. The smallest absolute Gasteiger partial charge is 0.133 e. The minimum atomic E-state index is 0.774. The number of aromatic nitrogens is 2. The molecule has 0 radical (unpaired) electrons. The van der Waals surface area contributed by atoms with Crippen LogP contribution >= 0.6 is 15.9 Å². The van der Waals surface area contributed by atoms with Gasteiger partial charge in [0, 0.05) is 31.0 Å². The molecule has 0 spiro atoms. The summed E-state index contributed by atoms with van der Waals surface area (Å²) >= 11 is 3.48. The van der Waals surface area contributed by atoms with Crippen molar-refractivity contribution in [3.8, 4) is 5.75 Å². The van der Waals surface area contributed by atoms with Crippen molar-refractivity contribution in [1.82, 2.24) is 9.78 Å². The lowest BCUT2D eigenvalue weighted by Crippen LogP contribution is -2.01. The van der Waals surface area contributed by atoms with Crippen molar-refractivity contribution < 1.29 is 4.74 Å². The van der Waals surface area contributed by atoms with Crippen LogP contribution in [0.15, 0.2) is 28.9 Å². The Bertz CT molecular complexity index is 566. The molecule has 0 saturated carbocycles. The lowest BCUT2D eigenvalue weighted by Gasteiger charge is -2.09. The molecular formula is C14H18BrN3O. The molecule has 0 aliphatic heterocycles. The summed E-state index contributed by atoms with van der Waals surface area (Å²) in [6.07, 6.45) is 3.01. The zero-order valence-corrected chi connectivity index (χ0v) is 13.0. The van der Waals surface area contributed by atoms with E-state index >= 15 is 0 Å². The SMILES string of the molecule is CCc1nn(C)cc1CNc1ccc(OC)c(Br)c1. The maximum atomic E-state index is 5.21. The van der Waals surface area contributed by atoms with Crippen LogP contribution in [0.3, 0.4) is 0 Å². The molecule has 1 aromatic heterocycles. The molecule has 0 aliphatic carbocycles. The summed E-state index contributed by atoms with van der Waals surface area (Å²) in [5.74, 6) is 0.834. The van der Waals surface area contributed by atoms with Crippen LogP contribution in [0.4, 0.5) is 5.69 Å². The number of aryl methyl sites for hydroxylation is 2. The highest BCUT2D eigenvalue weighted by atomic mass is 79.9. The minimum absolute atomic E-state index is 0.774. The van der Waals surface area contributed by atoms with Crippen molar-refractivity contribution >= 4 is 21.6 Å². The number of methoxy groups -OCH3 is 1. The molecule has 0 saturated heterocycles. The van der Waals surface area contributed by atoms with Crippen molar-refractivity contribution in [2.45, 2.75) is 19.9 Å². The molecular weight excluding hydrogens is 306 g/mol. The molecule has 5 heteroatoms. The molecule has 19 heavy (non-hydrogen) atoms. The van der Waals surface area contributed by atoms with Crippen molar-refractivity contribution in [3.63, 3.8) is 0 Å². The highest BCUT2D eigenvalue weighted by molar-refractivity contribution is 9.10. The summed E-state index contributed by atoms with van der Waals surface area (Å²) in [6, 6.07) is 5.96. The Morgan fingerprint density at radius 1 is 1.42 bits per heavy atom. The first-order chi connectivity index (χ1) is 9.13. The van der Waals surface area contributed by atoms with E-state index in [1.165, 1.54) is 5.56 Å². The van der Waals surface area contributed by atoms with E-state index in [9.17, 15) is 0 Å². The molecule has 1 N–H and O–H groups in total. The van der Waals surface area contributed by atoms with Gasteiger partial charge < -0.3 is 10.1 Å². The van der Waals surface area contributed by atoms with Crippen LogP contribution < -0.4 is 10.1 Å². The second-order valence-electron chi connectivity index (χ2n) is 4.33. The Kier molecular flexibility index (Phi) is 4.47. The Hall–Kier alpha value is -1.49. The van der Waals surface area contributed by atoms with Gasteiger partial charge in [-0.15, -0.1) is 0 Å². The number of hydrogen-bond acceptors (Lipinski definition) is 3. The first-order valence-corrected chi connectivity index (χ1v) is 7.02. The fourth-order valence-corrected chi connectivity index (χ4v) is 2.54. The molecule has 0 aliphatic rings. The second kappa shape index (κ2) is 6.10. The van der Waals surface area contributed by atoms with Gasteiger partial charge in [-0.3, -0.25) is 4.68 Å². The van der Waals surface area contributed by atoms with Gasteiger partial charge >= 0.3 is 0 Å². The van der Waals surface area contributed by atoms with Gasteiger partial charge in [0.05, 0.1) is 17.3 Å². The molecule has 0 unspecified atom stereocenters. The molecule has 4 nitrogen and oxygen atoms in total. The second-order valence-corrected chi connectivity index (χ2v) is 5.19. The molecule has 0 amide bonds. The molecule has 1 heterocycles. The molecule has 2 rings (SSSR count). The van der Waals surface area contributed by atoms with Gasteiger partial charge in [-0.05, 0) is 40.5 Å². The maximum absolute atomic E-state index is 5.21. The van der Waals surface area contributed by atoms with Crippen molar-refractivity contribution in [2.75, 3.05) is 12.4 Å². The highest BCUT2D eigenvalue weighted by Gasteiger charge is 2.06. The van der Waals surface area contributed by atoms with Gasteiger partial charge in [-0.1, -0.05) is 6.92 Å². The van der Waals surface area contributed by atoms with Crippen LogP contribution in [0.25, 0.3) is 0 Å². The average Bonchev–Trinajstić information content (AvgIpc) is 2.77. The maximum Gasteiger partial charge on any atom is 0.133 e. The molecule has 0 fully saturated rings. The van der Waals surface area contributed by atoms with Gasteiger partial charge in [0.15, 0.2) is 0 Å².